The van der Waals surface area contributed by atoms with Crippen molar-refractivity contribution in [3.8, 4) is 0 Å². The number of allylic oxidation sites excluding steroid dienone is 9. The number of halogens is 22. The van der Waals surface area contributed by atoms with Gasteiger partial charge in [-0.05, 0) is 328 Å². The van der Waals surface area contributed by atoms with Crippen molar-refractivity contribution in [1.82, 2.24) is 41.7 Å². The number of nitrogens with one attached hydrogen (secondary N) is 6. The van der Waals surface area contributed by atoms with Crippen molar-refractivity contribution >= 4 is 0 Å². The number of benzene rings is 2. The quantitative estimate of drug-likeness (QED) is 0.110. The SMILES string of the molecule is C=C/C(=C\C(=C/C(F)(F)F)C1C2CCC(C(C)(C)C)CC2CC2C1C1NC3NC(NC4C5CC6CC(C(C)(C)C)CCC6C(c6cc(C(F)(F)F)cc(C(F)(F)F)c6)C5C(NC5NC(NC2N1C)C1C5CC2CC(C(C)(C)C)CCC2C1c1cc(CF)cc(C(F)(F)F)c1)N4C)C1CC2CC(C(C)(C)C)CCC2C(/C(C)=C/C(=C\C(C)C(F)(F)F)C(F)(F)F)C31)C(F)(F)F. The van der Waals surface area contributed by atoms with Crippen LogP contribution in [0.3, 0.4) is 0 Å². The van der Waals surface area contributed by atoms with Gasteiger partial charge in [-0.1, -0.05) is 126 Å². The molecule has 33 unspecified atom stereocenters. The van der Waals surface area contributed by atoms with Crippen LogP contribution < -0.4 is 31.9 Å². The molecule has 0 aromatic heterocycles. The molecule has 33 atom stereocenters. The zero-order valence-corrected chi connectivity index (χ0v) is 76.8. The largest absolute Gasteiger partial charge is 0.416 e. The molecule has 5 saturated heterocycles. The van der Waals surface area contributed by atoms with Gasteiger partial charge in [-0.15, -0.1) is 0 Å². The molecule has 6 N–H and O–H groups in total. The molecule has 13 aliphatic rings. The Morgan fingerprint density at radius 1 is 0.395 bits per heavy atom. The average molecular weight is 1850 g/mol. The summed E-state index contributed by atoms with van der Waals surface area (Å²) in [4.78, 5) is 4.01. The molecular weight excluding hydrogens is 1720 g/mol. The highest BCUT2D eigenvalue weighted by molar-refractivity contribution is 5.42. The molecule has 5 aliphatic heterocycles. The fraction of sp³-hybridized carbons (Fsp3) is 0.778. The topological polar surface area (TPSA) is 78.7 Å². The number of hydrogen-bond donors (Lipinski definition) is 6. The highest BCUT2D eigenvalue weighted by Crippen LogP contribution is 2.67. The summed E-state index contributed by atoms with van der Waals surface area (Å²) in [5.41, 5.74) is -9.23. The Labute approximate surface area is 746 Å². The van der Waals surface area contributed by atoms with Crippen LogP contribution in [0.5, 0.6) is 0 Å². The average Bonchev–Trinajstić information content (AvgIpc) is 1.55. The van der Waals surface area contributed by atoms with Gasteiger partial charge in [0.05, 0.1) is 83.1 Å². The van der Waals surface area contributed by atoms with Gasteiger partial charge >= 0.3 is 43.2 Å². The van der Waals surface area contributed by atoms with E-state index in [-0.39, 0.29) is 117 Å². The van der Waals surface area contributed by atoms with Crippen LogP contribution in [-0.2, 0) is 25.2 Å². The molecule has 30 heteroatoms. The molecule has 0 amide bonds. The van der Waals surface area contributed by atoms with E-state index < -0.39 is 239 Å². The number of hydrogen-bond acceptors (Lipinski definition) is 8. The van der Waals surface area contributed by atoms with Gasteiger partial charge in [0.2, 0.25) is 0 Å². The smallest absolute Gasteiger partial charge is 0.286 e. The standard InChI is InChI=1S/C99H134F22N8/c1-18-56(95(107,108)109)38-55(44-93(101,102)103)76-68-26-22-60(92(13,14)15)34-52(68)42-72-80(76)88-127-83-77-69(39-49-31-57(89(4,5)6)19-23-65(49)73(77)46(2)27-61(96(110,111)112)28-47(3)94(104,105)106)81(122-83)124-85-71-41-51-33-59(91(10,11)12)21-25-67(51)75(54-36-63(98(116,117)118)43-64(37-54)99(119,120)121)79(71)87(128(85)16)125-82-70-40-50-32-58(90(7,8)9)20-24-66(50)74(78(70)84(123-82)126-86(72)129(88)17)53-29-48(45-100)30-62(35-53)97(113,114)115/h18,27-30,35-38,43-44,47,49-52,57-60,65-88,122-127H,1,19-26,31-34,39-42,45H2,2-17H3/b46-27+,55-44+,56-38+,61-28+. The molecule has 2 aromatic carbocycles. The maximum atomic E-state index is 16.2. The normalized spacial score (nSPS) is 40.1. The monoisotopic (exact) mass is 1850 g/mol. The van der Waals surface area contributed by atoms with E-state index in [0.717, 1.165) is 30.3 Å². The van der Waals surface area contributed by atoms with Crippen molar-refractivity contribution < 1.29 is 96.6 Å². The summed E-state index contributed by atoms with van der Waals surface area (Å²) in [6.45, 7) is 29.5. The van der Waals surface area contributed by atoms with E-state index in [1.54, 1.807) is 7.05 Å². The fourth-order valence-corrected chi connectivity index (χ4v) is 29.5. The molecule has 8 bridgehead atoms. The third-order valence-electron chi connectivity index (χ3n) is 35.5. The Kier molecular flexibility index (Phi) is 26.6. The minimum atomic E-state index is -5.35. The lowest BCUT2D eigenvalue weighted by atomic mass is 9.52. The van der Waals surface area contributed by atoms with Crippen LogP contribution in [0, 0.1) is 158 Å². The number of alkyl halides is 22. The van der Waals surface area contributed by atoms with Crippen molar-refractivity contribution in [3.05, 3.63) is 129 Å². The van der Waals surface area contributed by atoms with E-state index in [9.17, 15) is 13.2 Å². The van der Waals surface area contributed by atoms with E-state index in [1.165, 1.54) is 13.0 Å². The molecule has 13 fully saturated rings. The molecule has 724 valence electrons. The van der Waals surface area contributed by atoms with Crippen molar-refractivity contribution in [2.45, 2.75) is 311 Å². The predicted molar refractivity (Wildman–Crippen MR) is 453 cm³/mol. The lowest BCUT2D eigenvalue weighted by Gasteiger charge is -2.54. The summed E-state index contributed by atoms with van der Waals surface area (Å²) in [6.07, 6.45) is -35.4. The summed E-state index contributed by atoms with van der Waals surface area (Å²) in [6, 6.07) is 5.21. The summed E-state index contributed by atoms with van der Waals surface area (Å²) in [5, 5.41) is 24.4. The van der Waals surface area contributed by atoms with Crippen LogP contribution in [0.2, 0.25) is 0 Å². The lowest BCUT2D eigenvalue weighted by Crippen LogP contribution is -2.62. The van der Waals surface area contributed by atoms with Gasteiger partial charge in [-0.2, -0.15) is 92.2 Å². The minimum absolute atomic E-state index is 0.0231. The van der Waals surface area contributed by atoms with Gasteiger partial charge in [0.15, 0.2) is 0 Å². The van der Waals surface area contributed by atoms with Crippen molar-refractivity contribution in [1.29, 1.82) is 0 Å². The Bertz CT molecular complexity index is 4450. The molecule has 5 heterocycles. The first kappa shape index (κ1) is 98.8. The zero-order valence-electron chi connectivity index (χ0n) is 76.8. The van der Waals surface area contributed by atoms with E-state index in [1.807, 2.05) is 11.9 Å². The van der Waals surface area contributed by atoms with E-state index in [4.69, 9.17) is 0 Å². The second kappa shape index (κ2) is 34.8. The maximum Gasteiger partial charge on any atom is 0.416 e. The molecule has 0 radical (unpaired) electrons. The lowest BCUT2D eigenvalue weighted by molar-refractivity contribution is -0.157. The molecule has 2 aromatic rings. The second-order valence-corrected chi connectivity index (χ2v) is 46.5. The molecule has 15 rings (SSSR count). The van der Waals surface area contributed by atoms with Gasteiger partial charge in [0, 0.05) is 23.8 Å². The Balaban J connectivity index is 1.01. The Hall–Kier alpha value is -4.72. The molecular formula is C99H134F22N8. The zero-order chi connectivity index (χ0) is 94.5. The Morgan fingerprint density at radius 2 is 0.760 bits per heavy atom. The van der Waals surface area contributed by atoms with E-state index in [0.29, 0.717) is 109 Å². The molecule has 129 heavy (non-hydrogen) atoms. The maximum absolute atomic E-state index is 16.2. The van der Waals surface area contributed by atoms with Crippen molar-refractivity contribution in [2.24, 2.45) is 158 Å². The first-order chi connectivity index (χ1) is 59.4. The summed E-state index contributed by atoms with van der Waals surface area (Å²) in [7, 11) is 3.60. The van der Waals surface area contributed by atoms with Crippen molar-refractivity contribution in [3.63, 3.8) is 0 Å². The van der Waals surface area contributed by atoms with Crippen LogP contribution >= 0.6 is 0 Å². The van der Waals surface area contributed by atoms with E-state index in [2.05, 4.69) is 126 Å². The fourth-order valence-electron chi connectivity index (χ4n) is 29.5. The third kappa shape index (κ3) is 19.6. The van der Waals surface area contributed by atoms with Crippen LogP contribution in [0.25, 0.3) is 0 Å². The van der Waals surface area contributed by atoms with Crippen molar-refractivity contribution in [2.75, 3.05) is 14.1 Å². The Morgan fingerprint density at radius 3 is 1.18 bits per heavy atom. The number of fused-ring (bicyclic) bond motifs is 24. The van der Waals surface area contributed by atoms with Gasteiger partial charge < -0.3 is 0 Å². The summed E-state index contributed by atoms with van der Waals surface area (Å²) in [5.74, 6) is -16.7. The second-order valence-electron chi connectivity index (χ2n) is 46.5. The highest BCUT2D eigenvalue weighted by Gasteiger charge is 2.68. The third-order valence-corrected chi connectivity index (χ3v) is 35.5. The molecule has 8 aliphatic carbocycles. The molecule has 0 spiro atoms. The summed E-state index contributed by atoms with van der Waals surface area (Å²) < 4.78 is 347. The van der Waals surface area contributed by atoms with Crippen LogP contribution in [0.1, 0.15) is 245 Å². The minimum Gasteiger partial charge on any atom is -0.286 e. The van der Waals surface area contributed by atoms with Gasteiger partial charge in [0.25, 0.3) is 0 Å². The molecule has 8 saturated carbocycles. The van der Waals surface area contributed by atoms with Gasteiger partial charge in [-0.3, -0.25) is 41.7 Å². The van der Waals surface area contributed by atoms with Crippen LogP contribution in [0.4, 0.5) is 96.6 Å². The first-order valence-electron chi connectivity index (χ1n) is 47.2. The summed E-state index contributed by atoms with van der Waals surface area (Å²) >= 11 is 0. The van der Waals surface area contributed by atoms with E-state index >= 15 is 83.4 Å². The predicted octanol–water partition coefficient (Wildman–Crippen LogP) is 26.0. The van der Waals surface area contributed by atoms with Crippen LogP contribution in [-0.4, -0.2) is 97.9 Å². The van der Waals surface area contributed by atoms with Gasteiger partial charge in [-0.25, -0.2) is 4.39 Å². The highest BCUT2D eigenvalue weighted by atomic mass is 19.4. The molecule has 8 nitrogen and oxygen atoms in total. The van der Waals surface area contributed by atoms with Crippen LogP contribution in [0.15, 0.2) is 95.6 Å². The van der Waals surface area contributed by atoms with Gasteiger partial charge in [0.1, 0.15) is 6.67 Å². The number of nitrogens with zero attached hydrogens (tertiary/aromatic N) is 2. The number of rotatable bonds is 9. The first-order valence-corrected chi connectivity index (χ1v) is 47.2.